The molecule has 0 aromatic heterocycles. The van der Waals surface area contributed by atoms with E-state index in [4.69, 9.17) is 42.8 Å². The Morgan fingerprint density at radius 1 is 1.23 bits per heavy atom. The number of thiocarbonyl (C=S) groups is 1. The molecule has 0 unspecified atom stereocenters. The summed E-state index contributed by atoms with van der Waals surface area (Å²) in [7, 11) is 1.51. The Bertz CT molecular complexity index is 1300. The molecule has 3 rings (SSSR count). The fraction of sp³-hybridized carbons (Fsp3) is 0.333. The number of allylic oxidation sites excluding steroid dienone is 1. The molecule has 1 aliphatic heterocycles. The molecule has 1 atom stereocenters. The maximum atomic E-state index is 12.7. The Balaban J connectivity index is 1.70. The molecule has 39 heavy (non-hydrogen) atoms. The van der Waals surface area contributed by atoms with E-state index in [9.17, 15) is 9.59 Å². The summed E-state index contributed by atoms with van der Waals surface area (Å²) in [5, 5.41) is 10.7. The van der Waals surface area contributed by atoms with E-state index in [-0.39, 0.29) is 19.3 Å². The van der Waals surface area contributed by atoms with E-state index in [2.05, 4.69) is 21.2 Å². The molecule has 1 amide bonds. The van der Waals surface area contributed by atoms with Gasteiger partial charge in [-0.2, -0.15) is 5.10 Å². The van der Waals surface area contributed by atoms with Gasteiger partial charge in [0.1, 0.15) is 5.75 Å². The summed E-state index contributed by atoms with van der Waals surface area (Å²) in [6.07, 6.45) is 1.35. The number of methoxy groups -OCH3 is 1. The van der Waals surface area contributed by atoms with Crippen molar-refractivity contribution in [2.75, 3.05) is 20.3 Å². The summed E-state index contributed by atoms with van der Waals surface area (Å²) < 4.78 is 22.1. The number of carbonyl (C=O) groups is 2. The van der Waals surface area contributed by atoms with Crippen LogP contribution in [-0.4, -0.2) is 49.6 Å². The molecule has 0 saturated heterocycles. The van der Waals surface area contributed by atoms with Crippen LogP contribution < -0.4 is 30.3 Å². The summed E-state index contributed by atoms with van der Waals surface area (Å²) in [5.41, 5.74) is 4.58. The summed E-state index contributed by atoms with van der Waals surface area (Å²) >= 11 is 11.6. The topological polar surface area (TPSA) is 120 Å². The molecule has 10 nitrogen and oxygen atoms in total. The highest BCUT2D eigenvalue weighted by Crippen LogP contribution is 2.37. The molecule has 1 aliphatic rings. The van der Waals surface area contributed by atoms with Gasteiger partial charge in [0.15, 0.2) is 23.2 Å². The third kappa shape index (κ3) is 7.84. The van der Waals surface area contributed by atoms with Gasteiger partial charge in [-0.05, 0) is 63.7 Å². The number of hydrogen-bond acceptors (Lipinski definition) is 8. The van der Waals surface area contributed by atoms with Crippen molar-refractivity contribution in [3.63, 3.8) is 0 Å². The van der Waals surface area contributed by atoms with Crippen molar-refractivity contribution in [2.45, 2.75) is 39.8 Å². The van der Waals surface area contributed by atoms with Crippen molar-refractivity contribution in [3.05, 3.63) is 63.8 Å². The van der Waals surface area contributed by atoms with Crippen LogP contribution in [0.15, 0.2) is 52.8 Å². The van der Waals surface area contributed by atoms with Crippen LogP contribution >= 0.6 is 23.8 Å². The Hall–Kier alpha value is -3.83. The number of rotatable bonds is 11. The zero-order valence-corrected chi connectivity index (χ0v) is 23.9. The SMILES string of the molecule is CCOC(=O)C1=C(C)NC(=S)N[C@H]1c1ccccc1OCC(=O)NN=Cc1cc(Cl)c(OC(C)C)c(OC)c1. The van der Waals surface area contributed by atoms with Crippen molar-refractivity contribution in [1.82, 2.24) is 16.1 Å². The van der Waals surface area contributed by atoms with E-state index < -0.39 is 17.9 Å². The first kappa shape index (κ1) is 29.7. The van der Waals surface area contributed by atoms with E-state index in [1.807, 2.05) is 13.8 Å². The van der Waals surface area contributed by atoms with Crippen LogP contribution in [-0.2, 0) is 14.3 Å². The van der Waals surface area contributed by atoms with Gasteiger partial charge in [-0.15, -0.1) is 0 Å². The minimum Gasteiger partial charge on any atom is -0.493 e. The van der Waals surface area contributed by atoms with E-state index in [1.54, 1.807) is 50.2 Å². The Labute approximate surface area is 237 Å². The average Bonchev–Trinajstić information content (AvgIpc) is 2.88. The fourth-order valence-corrected chi connectivity index (χ4v) is 4.31. The number of hydrogen-bond donors (Lipinski definition) is 3. The van der Waals surface area contributed by atoms with Crippen molar-refractivity contribution in [2.24, 2.45) is 5.10 Å². The summed E-state index contributed by atoms with van der Waals surface area (Å²) in [5.74, 6) is 0.296. The lowest BCUT2D eigenvalue weighted by Crippen LogP contribution is -2.45. The quantitative estimate of drug-likeness (QED) is 0.158. The normalized spacial score (nSPS) is 15.1. The molecule has 0 bridgehead atoms. The first-order valence-electron chi connectivity index (χ1n) is 12.2. The molecular weight excluding hydrogens is 544 g/mol. The fourth-order valence-electron chi connectivity index (χ4n) is 3.78. The lowest BCUT2D eigenvalue weighted by atomic mass is 9.95. The third-order valence-corrected chi connectivity index (χ3v) is 5.86. The molecule has 0 spiro atoms. The van der Waals surface area contributed by atoms with Crippen LogP contribution in [0, 0.1) is 0 Å². The smallest absolute Gasteiger partial charge is 0.338 e. The number of carbonyl (C=O) groups excluding carboxylic acids is 2. The lowest BCUT2D eigenvalue weighted by Gasteiger charge is -2.30. The number of esters is 1. The van der Waals surface area contributed by atoms with Gasteiger partial charge in [0.25, 0.3) is 5.91 Å². The van der Waals surface area contributed by atoms with E-state index in [0.717, 1.165) is 0 Å². The van der Waals surface area contributed by atoms with Gasteiger partial charge in [-0.3, -0.25) is 4.79 Å². The predicted octanol–water partition coefficient (Wildman–Crippen LogP) is 4.02. The maximum absolute atomic E-state index is 12.7. The summed E-state index contributed by atoms with van der Waals surface area (Å²) in [4.78, 5) is 25.2. The van der Waals surface area contributed by atoms with Crippen molar-refractivity contribution in [1.29, 1.82) is 0 Å². The van der Waals surface area contributed by atoms with Gasteiger partial charge in [0.05, 0.1) is 42.7 Å². The van der Waals surface area contributed by atoms with Gasteiger partial charge >= 0.3 is 5.97 Å². The highest BCUT2D eigenvalue weighted by atomic mass is 35.5. The highest BCUT2D eigenvalue weighted by Gasteiger charge is 2.32. The zero-order chi connectivity index (χ0) is 28.5. The number of para-hydroxylation sites is 1. The molecule has 0 radical (unpaired) electrons. The van der Waals surface area contributed by atoms with E-state index >= 15 is 0 Å². The lowest BCUT2D eigenvalue weighted by molar-refractivity contribution is -0.139. The molecular formula is C27H31ClN4O6S. The Morgan fingerprint density at radius 3 is 2.67 bits per heavy atom. The molecule has 0 saturated carbocycles. The van der Waals surface area contributed by atoms with Crippen molar-refractivity contribution in [3.8, 4) is 17.2 Å². The highest BCUT2D eigenvalue weighted by molar-refractivity contribution is 7.80. The number of nitrogens with one attached hydrogen (secondary N) is 3. The second-order valence-electron chi connectivity index (χ2n) is 8.61. The van der Waals surface area contributed by atoms with Gasteiger partial charge in [0, 0.05) is 11.3 Å². The predicted molar refractivity (Wildman–Crippen MR) is 152 cm³/mol. The van der Waals surface area contributed by atoms with E-state index in [1.165, 1.54) is 13.3 Å². The number of amides is 1. The molecule has 3 N–H and O–H groups in total. The monoisotopic (exact) mass is 574 g/mol. The van der Waals surface area contributed by atoms with Crippen LogP contribution in [0.3, 0.4) is 0 Å². The van der Waals surface area contributed by atoms with Crippen molar-refractivity contribution >= 4 is 47.0 Å². The number of ether oxygens (including phenoxy) is 4. The van der Waals surface area contributed by atoms with Crippen LogP contribution in [0.5, 0.6) is 17.2 Å². The summed E-state index contributed by atoms with van der Waals surface area (Å²) in [6, 6.07) is 9.76. The van der Waals surface area contributed by atoms with E-state index in [0.29, 0.717) is 49.8 Å². The Kier molecular flexibility index (Phi) is 10.5. The largest absolute Gasteiger partial charge is 0.493 e. The third-order valence-electron chi connectivity index (χ3n) is 5.36. The van der Waals surface area contributed by atoms with Crippen LogP contribution in [0.2, 0.25) is 5.02 Å². The molecule has 2 aromatic carbocycles. The second kappa shape index (κ2) is 13.8. The van der Waals surface area contributed by atoms with Gasteiger partial charge < -0.3 is 29.6 Å². The Morgan fingerprint density at radius 2 is 1.97 bits per heavy atom. The summed E-state index contributed by atoms with van der Waals surface area (Å²) in [6.45, 7) is 7.14. The minimum atomic E-state index is -0.627. The maximum Gasteiger partial charge on any atom is 0.338 e. The van der Waals surface area contributed by atoms with Gasteiger partial charge in [0.2, 0.25) is 0 Å². The molecule has 12 heteroatoms. The van der Waals surface area contributed by atoms with Crippen LogP contribution in [0.1, 0.15) is 44.9 Å². The van der Waals surface area contributed by atoms with Gasteiger partial charge in [-0.1, -0.05) is 29.8 Å². The molecule has 1 heterocycles. The number of benzene rings is 2. The second-order valence-corrected chi connectivity index (χ2v) is 9.43. The first-order chi connectivity index (χ1) is 18.6. The number of halogens is 1. The van der Waals surface area contributed by atoms with Crippen LogP contribution in [0.25, 0.3) is 0 Å². The van der Waals surface area contributed by atoms with Gasteiger partial charge in [-0.25, -0.2) is 10.2 Å². The molecule has 2 aromatic rings. The molecule has 0 aliphatic carbocycles. The number of hydrazone groups is 1. The molecule has 0 fully saturated rings. The standard InChI is InChI=1S/C27H31ClN4O6S/c1-6-36-26(34)23-16(4)30-27(39)31-24(23)18-9-7-8-10-20(18)37-14-22(33)32-29-13-17-11-19(28)25(38-15(2)3)21(12-17)35-5/h7-13,15,24H,6,14H2,1-5H3,(H,32,33)(H2,30,31,39)/t24-/m0/s1. The van der Waals surface area contributed by atoms with Crippen molar-refractivity contribution < 1.29 is 28.5 Å². The molecule has 208 valence electrons. The van der Waals surface area contributed by atoms with Crippen LogP contribution in [0.4, 0.5) is 0 Å². The first-order valence-corrected chi connectivity index (χ1v) is 13.0. The average molecular weight is 575 g/mol. The minimum absolute atomic E-state index is 0.0840. The number of nitrogens with zero attached hydrogens (tertiary/aromatic N) is 1. The zero-order valence-electron chi connectivity index (χ0n) is 22.3.